The number of hydrogen-bond donors (Lipinski definition) is 0. The molecule has 12 heavy (non-hydrogen) atoms. The largest absolute Gasteiger partial charge is 0.303 e. The number of carbonyl (C=O) groups is 2. The van der Waals surface area contributed by atoms with Gasteiger partial charge in [-0.15, -0.1) is 0 Å². The molecule has 0 aromatic heterocycles. The second kappa shape index (κ2) is 2.68. The predicted octanol–water partition coefficient (Wildman–Crippen LogP) is 1.72. The van der Waals surface area contributed by atoms with Crippen molar-refractivity contribution < 1.29 is 9.59 Å². The molecule has 0 bridgehead atoms. The molecule has 2 heteroatoms. The summed E-state index contributed by atoms with van der Waals surface area (Å²) in [5, 5.41) is 0. The Balaban J connectivity index is 2.03. The van der Waals surface area contributed by atoms with Crippen molar-refractivity contribution >= 4 is 12.1 Å². The zero-order chi connectivity index (χ0) is 8.60. The fourth-order valence-electron chi connectivity index (χ4n) is 2.66. The zero-order valence-corrected chi connectivity index (χ0v) is 7.21. The summed E-state index contributed by atoms with van der Waals surface area (Å²) in [5.41, 5.74) is -0.0147. The van der Waals surface area contributed by atoms with Crippen LogP contribution in [0.1, 0.15) is 38.5 Å². The smallest absolute Gasteiger partial charge is 0.146 e. The molecule has 0 aromatic rings. The van der Waals surface area contributed by atoms with Gasteiger partial charge in [-0.2, -0.15) is 0 Å². The Morgan fingerprint density at radius 1 is 1.50 bits per heavy atom. The van der Waals surface area contributed by atoms with E-state index in [1.165, 1.54) is 19.3 Å². The SMILES string of the molecule is O=CCC(=O)C12CCCCC1C2. The third-order valence-electron chi connectivity index (χ3n) is 3.48. The Hall–Kier alpha value is -0.660. The van der Waals surface area contributed by atoms with Gasteiger partial charge in [-0.3, -0.25) is 4.79 Å². The van der Waals surface area contributed by atoms with Crippen LogP contribution in [0.2, 0.25) is 0 Å². The number of carbonyl (C=O) groups excluding carboxylic acids is 2. The Bertz CT molecular complexity index is 222. The fraction of sp³-hybridized carbons (Fsp3) is 0.800. The molecule has 66 valence electrons. The van der Waals surface area contributed by atoms with E-state index in [0.29, 0.717) is 5.92 Å². The first-order valence-corrected chi connectivity index (χ1v) is 4.76. The Labute approximate surface area is 72.3 Å². The highest BCUT2D eigenvalue weighted by Crippen LogP contribution is 2.62. The molecule has 0 spiro atoms. The molecule has 2 atom stereocenters. The molecule has 0 aliphatic heterocycles. The summed E-state index contributed by atoms with van der Waals surface area (Å²) in [6.07, 6.45) is 6.69. The van der Waals surface area contributed by atoms with Gasteiger partial charge in [0.1, 0.15) is 12.1 Å². The standard InChI is InChI=1S/C10H14O2/c11-6-4-9(12)10-5-2-1-3-8(10)7-10/h6,8H,1-5,7H2. The summed E-state index contributed by atoms with van der Waals surface area (Å²) in [6, 6.07) is 0. The first-order valence-electron chi connectivity index (χ1n) is 4.76. The molecule has 2 fully saturated rings. The summed E-state index contributed by atoms with van der Waals surface area (Å²) in [7, 11) is 0. The van der Waals surface area contributed by atoms with E-state index in [0.717, 1.165) is 19.1 Å². The van der Waals surface area contributed by atoms with Gasteiger partial charge in [0.15, 0.2) is 0 Å². The lowest BCUT2D eigenvalue weighted by molar-refractivity contribution is -0.127. The Morgan fingerprint density at radius 3 is 3.00 bits per heavy atom. The monoisotopic (exact) mass is 166 g/mol. The normalized spacial score (nSPS) is 38.5. The molecule has 0 radical (unpaired) electrons. The highest BCUT2D eigenvalue weighted by Gasteiger charge is 2.58. The summed E-state index contributed by atoms with van der Waals surface area (Å²) < 4.78 is 0. The van der Waals surface area contributed by atoms with Crippen LogP contribution < -0.4 is 0 Å². The van der Waals surface area contributed by atoms with E-state index in [-0.39, 0.29) is 17.6 Å². The average molecular weight is 166 g/mol. The minimum absolute atomic E-state index is 0.0147. The first kappa shape index (κ1) is 7.96. The number of ketones is 1. The van der Waals surface area contributed by atoms with Crippen LogP contribution >= 0.6 is 0 Å². The Kier molecular flexibility index (Phi) is 1.78. The molecule has 2 rings (SSSR count). The topological polar surface area (TPSA) is 34.1 Å². The van der Waals surface area contributed by atoms with Gasteiger partial charge in [-0.25, -0.2) is 0 Å². The third-order valence-corrected chi connectivity index (χ3v) is 3.48. The van der Waals surface area contributed by atoms with E-state index in [9.17, 15) is 9.59 Å². The molecule has 0 heterocycles. The Morgan fingerprint density at radius 2 is 2.33 bits per heavy atom. The van der Waals surface area contributed by atoms with Gasteiger partial charge in [0.05, 0.1) is 6.42 Å². The van der Waals surface area contributed by atoms with Gasteiger partial charge >= 0.3 is 0 Å². The van der Waals surface area contributed by atoms with Crippen molar-refractivity contribution in [2.24, 2.45) is 11.3 Å². The van der Waals surface area contributed by atoms with Crippen molar-refractivity contribution in [2.75, 3.05) is 0 Å². The summed E-state index contributed by atoms with van der Waals surface area (Å²) in [6.45, 7) is 0. The molecule has 2 nitrogen and oxygen atoms in total. The summed E-state index contributed by atoms with van der Waals surface area (Å²) in [5.74, 6) is 0.848. The second-order valence-electron chi connectivity index (χ2n) is 4.10. The number of hydrogen-bond acceptors (Lipinski definition) is 2. The van der Waals surface area contributed by atoms with E-state index in [1.54, 1.807) is 0 Å². The molecule has 2 saturated carbocycles. The van der Waals surface area contributed by atoms with E-state index in [1.807, 2.05) is 0 Å². The molecule has 2 aliphatic carbocycles. The predicted molar refractivity (Wildman–Crippen MR) is 44.7 cm³/mol. The molecule has 0 saturated heterocycles. The number of Topliss-reactive ketones (excluding diaryl/α,β-unsaturated/α-hetero) is 1. The molecular formula is C10H14O2. The van der Waals surface area contributed by atoms with Crippen LogP contribution in [0.4, 0.5) is 0 Å². The highest BCUT2D eigenvalue weighted by molar-refractivity contribution is 5.96. The van der Waals surface area contributed by atoms with Crippen LogP contribution in [0.15, 0.2) is 0 Å². The van der Waals surface area contributed by atoms with Gasteiger partial charge < -0.3 is 4.79 Å². The van der Waals surface area contributed by atoms with Crippen LogP contribution in [-0.4, -0.2) is 12.1 Å². The van der Waals surface area contributed by atoms with Gasteiger partial charge in [-0.05, 0) is 25.2 Å². The van der Waals surface area contributed by atoms with Gasteiger partial charge in [-0.1, -0.05) is 12.8 Å². The first-order chi connectivity index (χ1) is 5.79. The minimum Gasteiger partial charge on any atom is -0.303 e. The van der Waals surface area contributed by atoms with Crippen molar-refractivity contribution in [3.8, 4) is 0 Å². The number of fused-ring (bicyclic) bond motifs is 1. The zero-order valence-electron chi connectivity index (χ0n) is 7.21. The van der Waals surface area contributed by atoms with Gasteiger partial charge in [0, 0.05) is 5.41 Å². The number of aldehydes is 1. The highest BCUT2D eigenvalue weighted by atomic mass is 16.1. The van der Waals surface area contributed by atoms with Crippen LogP contribution in [0.3, 0.4) is 0 Å². The van der Waals surface area contributed by atoms with Crippen molar-refractivity contribution in [3.05, 3.63) is 0 Å². The third kappa shape index (κ3) is 1.01. The van der Waals surface area contributed by atoms with E-state index in [2.05, 4.69) is 0 Å². The van der Waals surface area contributed by atoms with E-state index >= 15 is 0 Å². The van der Waals surface area contributed by atoms with E-state index in [4.69, 9.17) is 0 Å². The van der Waals surface area contributed by atoms with Crippen LogP contribution in [0.5, 0.6) is 0 Å². The maximum Gasteiger partial charge on any atom is 0.146 e. The van der Waals surface area contributed by atoms with Crippen molar-refractivity contribution in [1.29, 1.82) is 0 Å². The van der Waals surface area contributed by atoms with Crippen LogP contribution in [0.25, 0.3) is 0 Å². The quantitative estimate of drug-likeness (QED) is 0.472. The molecule has 0 aromatic carbocycles. The van der Waals surface area contributed by atoms with Gasteiger partial charge in [0.25, 0.3) is 0 Å². The van der Waals surface area contributed by atoms with Crippen molar-refractivity contribution in [1.82, 2.24) is 0 Å². The average Bonchev–Trinajstić information content (AvgIpc) is 2.79. The minimum atomic E-state index is -0.0147. The molecule has 2 unspecified atom stereocenters. The lowest BCUT2D eigenvalue weighted by Crippen LogP contribution is -2.21. The lowest BCUT2D eigenvalue weighted by atomic mass is 9.84. The van der Waals surface area contributed by atoms with Crippen LogP contribution in [0, 0.1) is 11.3 Å². The van der Waals surface area contributed by atoms with E-state index < -0.39 is 0 Å². The van der Waals surface area contributed by atoms with Crippen molar-refractivity contribution in [2.45, 2.75) is 38.5 Å². The van der Waals surface area contributed by atoms with Crippen molar-refractivity contribution in [3.63, 3.8) is 0 Å². The number of rotatable bonds is 3. The maximum absolute atomic E-state index is 11.5. The summed E-state index contributed by atoms with van der Waals surface area (Å²) in [4.78, 5) is 21.7. The van der Waals surface area contributed by atoms with Crippen LogP contribution in [-0.2, 0) is 9.59 Å². The van der Waals surface area contributed by atoms with Gasteiger partial charge in [0.2, 0.25) is 0 Å². The molecule has 2 aliphatic rings. The fourth-order valence-corrected chi connectivity index (χ4v) is 2.66. The molecule has 0 amide bonds. The molecular weight excluding hydrogens is 152 g/mol. The second-order valence-corrected chi connectivity index (χ2v) is 4.10. The maximum atomic E-state index is 11.5. The molecule has 0 N–H and O–H groups in total. The summed E-state index contributed by atoms with van der Waals surface area (Å²) >= 11 is 0. The lowest BCUT2D eigenvalue weighted by Gasteiger charge is -2.19.